The molecular formula is C20H21FN4O2S. The third-order valence-corrected chi connectivity index (χ3v) is 6.70. The fourth-order valence-electron chi connectivity index (χ4n) is 3.60. The number of halogens is 1. The summed E-state index contributed by atoms with van der Waals surface area (Å²) in [5.41, 5.74) is 2.32. The lowest BCUT2D eigenvalue weighted by Gasteiger charge is -2.23. The number of hydrogen-bond acceptors (Lipinski definition) is 4. The molecule has 0 radical (unpaired) electrons. The molecule has 3 aromatic rings. The van der Waals surface area contributed by atoms with Gasteiger partial charge in [0.1, 0.15) is 5.82 Å². The maximum Gasteiger partial charge on any atom is 0.262 e. The molecule has 8 heteroatoms. The molecule has 1 unspecified atom stereocenters. The van der Waals surface area contributed by atoms with Crippen molar-refractivity contribution in [3.63, 3.8) is 0 Å². The number of nitrogens with zero attached hydrogens (tertiary/aromatic N) is 4. The second-order valence-electron chi connectivity index (χ2n) is 7.01. The van der Waals surface area contributed by atoms with Crippen LogP contribution in [0.25, 0.3) is 0 Å². The highest BCUT2D eigenvalue weighted by Gasteiger charge is 2.38. The van der Waals surface area contributed by atoms with Gasteiger partial charge in [0, 0.05) is 31.9 Å². The molecule has 0 spiro atoms. The highest BCUT2D eigenvalue weighted by molar-refractivity contribution is 7.89. The minimum Gasteiger partial charge on any atom is -0.339 e. The Morgan fingerprint density at radius 1 is 1.21 bits per heavy atom. The summed E-state index contributed by atoms with van der Waals surface area (Å²) in [7, 11) is -1.94. The molecule has 1 aromatic carbocycles. The Morgan fingerprint density at radius 3 is 2.79 bits per heavy atom. The molecule has 0 N–H and O–H groups in total. The van der Waals surface area contributed by atoms with E-state index in [0.717, 1.165) is 17.7 Å². The average Bonchev–Trinajstić information content (AvgIpc) is 3.32. The maximum absolute atomic E-state index is 13.4. The standard InChI is InChI=1S/C20H21FN4O2S/c1-24-13-20(22-14-24)28(26,27)25-10-4-9-19(25)18-8-3-7-17(23-18)12-15-5-2-6-16(21)11-15/h2-3,5-8,11,13-14,19H,4,9-10,12H2,1H3. The molecule has 0 amide bonds. The van der Waals surface area contributed by atoms with Crippen molar-refractivity contribution < 1.29 is 12.8 Å². The molecule has 6 nitrogen and oxygen atoms in total. The van der Waals surface area contributed by atoms with Gasteiger partial charge in [-0.3, -0.25) is 4.98 Å². The smallest absolute Gasteiger partial charge is 0.262 e. The van der Waals surface area contributed by atoms with Gasteiger partial charge in [0.25, 0.3) is 10.0 Å². The SMILES string of the molecule is Cn1cnc(S(=O)(=O)N2CCCC2c2cccc(Cc3cccc(F)c3)n2)c1. The van der Waals surface area contributed by atoms with E-state index in [4.69, 9.17) is 0 Å². The molecule has 1 atom stereocenters. The first kappa shape index (κ1) is 18.8. The number of hydrogen-bond donors (Lipinski definition) is 0. The summed E-state index contributed by atoms with van der Waals surface area (Å²) in [6.45, 7) is 0.444. The predicted molar refractivity (Wildman–Crippen MR) is 103 cm³/mol. The number of imidazole rings is 1. The maximum atomic E-state index is 13.4. The Labute approximate surface area is 163 Å². The summed E-state index contributed by atoms with van der Waals surface area (Å²) < 4.78 is 42.6. The predicted octanol–water partition coefficient (Wildman–Crippen LogP) is 3.07. The van der Waals surface area contributed by atoms with Gasteiger partial charge in [0.15, 0.2) is 5.03 Å². The van der Waals surface area contributed by atoms with E-state index in [2.05, 4.69) is 9.97 Å². The lowest BCUT2D eigenvalue weighted by atomic mass is 10.1. The van der Waals surface area contributed by atoms with E-state index < -0.39 is 10.0 Å². The molecule has 4 rings (SSSR count). The largest absolute Gasteiger partial charge is 0.339 e. The fourth-order valence-corrected chi connectivity index (χ4v) is 5.24. The minimum absolute atomic E-state index is 0.0535. The fraction of sp³-hybridized carbons (Fsp3) is 0.300. The van der Waals surface area contributed by atoms with Crippen LogP contribution in [0.1, 0.15) is 35.8 Å². The van der Waals surface area contributed by atoms with Crippen LogP contribution in [0.2, 0.25) is 0 Å². The molecule has 0 aliphatic carbocycles. The lowest BCUT2D eigenvalue weighted by Crippen LogP contribution is -2.31. The van der Waals surface area contributed by atoms with Gasteiger partial charge in [-0.25, -0.2) is 17.8 Å². The first-order chi connectivity index (χ1) is 13.4. The van der Waals surface area contributed by atoms with Gasteiger partial charge in [-0.2, -0.15) is 4.31 Å². The molecule has 2 aromatic heterocycles. The van der Waals surface area contributed by atoms with Gasteiger partial charge in [0.2, 0.25) is 0 Å². The Balaban J connectivity index is 1.61. The van der Waals surface area contributed by atoms with Crippen LogP contribution in [-0.2, 0) is 23.5 Å². The average molecular weight is 400 g/mol. The van der Waals surface area contributed by atoms with Crippen molar-refractivity contribution in [2.75, 3.05) is 6.54 Å². The second-order valence-corrected chi connectivity index (χ2v) is 8.85. The molecule has 28 heavy (non-hydrogen) atoms. The summed E-state index contributed by atoms with van der Waals surface area (Å²) in [4.78, 5) is 8.71. The van der Waals surface area contributed by atoms with Gasteiger partial charge >= 0.3 is 0 Å². The van der Waals surface area contributed by atoms with E-state index >= 15 is 0 Å². The summed E-state index contributed by atoms with van der Waals surface area (Å²) in [5, 5.41) is 0.0535. The number of aryl methyl sites for hydroxylation is 1. The highest BCUT2D eigenvalue weighted by atomic mass is 32.2. The van der Waals surface area contributed by atoms with Gasteiger partial charge in [-0.15, -0.1) is 0 Å². The van der Waals surface area contributed by atoms with E-state index in [1.807, 2.05) is 24.3 Å². The monoisotopic (exact) mass is 400 g/mol. The third kappa shape index (κ3) is 3.70. The molecule has 3 heterocycles. The number of rotatable bonds is 5. The minimum atomic E-state index is -3.68. The van der Waals surface area contributed by atoms with Gasteiger partial charge in [0.05, 0.1) is 18.1 Å². The Kier molecular flexibility index (Phi) is 4.99. The van der Waals surface area contributed by atoms with Crippen molar-refractivity contribution in [2.24, 2.45) is 7.05 Å². The summed E-state index contributed by atoms with van der Waals surface area (Å²) in [6.07, 6.45) is 4.97. The molecule has 1 aliphatic rings. The molecule has 1 aliphatic heterocycles. The molecule has 1 fully saturated rings. The lowest BCUT2D eigenvalue weighted by molar-refractivity contribution is 0.388. The molecular weight excluding hydrogens is 379 g/mol. The van der Waals surface area contributed by atoms with E-state index in [-0.39, 0.29) is 16.9 Å². The molecule has 0 bridgehead atoms. The molecule has 1 saturated heterocycles. The van der Waals surface area contributed by atoms with Crippen LogP contribution < -0.4 is 0 Å². The Bertz CT molecular complexity index is 1100. The summed E-state index contributed by atoms with van der Waals surface area (Å²) >= 11 is 0. The van der Waals surface area contributed by atoms with Crippen LogP contribution in [0.5, 0.6) is 0 Å². The normalized spacial score (nSPS) is 17.9. The van der Waals surface area contributed by atoms with Gasteiger partial charge in [-0.1, -0.05) is 18.2 Å². The van der Waals surface area contributed by atoms with Crippen molar-refractivity contribution in [3.05, 3.63) is 77.8 Å². The van der Waals surface area contributed by atoms with E-state index in [9.17, 15) is 12.8 Å². The van der Waals surface area contributed by atoms with Crippen LogP contribution in [0.4, 0.5) is 4.39 Å². The van der Waals surface area contributed by atoms with Gasteiger partial charge < -0.3 is 4.57 Å². The number of aromatic nitrogens is 3. The zero-order valence-corrected chi connectivity index (χ0v) is 16.3. The van der Waals surface area contributed by atoms with Crippen molar-refractivity contribution >= 4 is 10.0 Å². The Hall–Kier alpha value is -2.58. The van der Waals surface area contributed by atoms with E-state index in [0.29, 0.717) is 25.1 Å². The topological polar surface area (TPSA) is 68.1 Å². The van der Waals surface area contributed by atoms with Crippen molar-refractivity contribution in [2.45, 2.75) is 30.3 Å². The van der Waals surface area contributed by atoms with Gasteiger partial charge in [-0.05, 0) is 42.7 Å². The third-order valence-electron chi connectivity index (χ3n) is 4.90. The van der Waals surface area contributed by atoms with Crippen LogP contribution in [-0.4, -0.2) is 33.8 Å². The molecule has 0 saturated carbocycles. The summed E-state index contributed by atoms with van der Waals surface area (Å²) in [6, 6.07) is 11.7. The van der Waals surface area contributed by atoms with Crippen LogP contribution >= 0.6 is 0 Å². The van der Waals surface area contributed by atoms with Crippen LogP contribution in [0.15, 0.2) is 60.0 Å². The van der Waals surface area contributed by atoms with Crippen molar-refractivity contribution in [1.82, 2.24) is 18.8 Å². The van der Waals surface area contributed by atoms with E-state index in [1.54, 1.807) is 17.7 Å². The van der Waals surface area contributed by atoms with Crippen molar-refractivity contribution in [3.8, 4) is 0 Å². The van der Waals surface area contributed by atoms with Crippen LogP contribution in [0.3, 0.4) is 0 Å². The Morgan fingerprint density at radius 2 is 2.04 bits per heavy atom. The zero-order valence-electron chi connectivity index (χ0n) is 15.5. The zero-order chi connectivity index (χ0) is 19.7. The molecule has 146 valence electrons. The first-order valence-electron chi connectivity index (χ1n) is 9.13. The number of benzene rings is 1. The first-order valence-corrected chi connectivity index (χ1v) is 10.6. The highest BCUT2D eigenvalue weighted by Crippen LogP contribution is 2.35. The quantitative estimate of drug-likeness (QED) is 0.660. The number of pyridine rings is 1. The summed E-state index contributed by atoms with van der Waals surface area (Å²) in [5.74, 6) is -0.280. The second kappa shape index (κ2) is 7.44. The van der Waals surface area contributed by atoms with E-state index in [1.165, 1.54) is 29.0 Å². The van der Waals surface area contributed by atoms with Crippen molar-refractivity contribution in [1.29, 1.82) is 0 Å². The van der Waals surface area contributed by atoms with Crippen LogP contribution in [0, 0.1) is 5.82 Å². The number of sulfonamides is 1.